The minimum absolute atomic E-state index is 0.175. The molecule has 1 aliphatic rings. The largest absolute Gasteiger partial charge is 0.508 e. The predicted octanol–water partition coefficient (Wildman–Crippen LogP) is 2.82. The van der Waals surface area contributed by atoms with Gasteiger partial charge in [0.15, 0.2) is 0 Å². The predicted molar refractivity (Wildman–Crippen MR) is 122 cm³/mol. The number of hydrogen-bond acceptors (Lipinski definition) is 6. The van der Waals surface area contributed by atoms with E-state index < -0.39 is 10.0 Å². The van der Waals surface area contributed by atoms with E-state index in [9.17, 15) is 13.5 Å². The van der Waals surface area contributed by atoms with E-state index in [1.165, 1.54) is 0 Å². The molecule has 0 unspecified atom stereocenters. The molecule has 0 bridgehead atoms. The summed E-state index contributed by atoms with van der Waals surface area (Å²) in [6.45, 7) is 0.367. The van der Waals surface area contributed by atoms with Gasteiger partial charge in [0.2, 0.25) is 10.0 Å². The Morgan fingerprint density at radius 3 is 2.61 bits per heavy atom. The number of aromatic nitrogens is 3. The number of nitrogens with one attached hydrogen (secondary N) is 2. The molecule has 1 aliphatic carbocycles. The molecule has 0 aliphatic heterocycles. The van der Waals surface area contributed by atoms with E-state index in [1.54, 1.807) is 30.6 Å². The summed E-state index contributed by atoms with van der Waals surface area (Å²) in [5.41, 5.74) is 1.82. The van der Waals surface area contributed by atoms with Crippen molar-refractivity contribution >= 4 is 26.9 Å². The lowest BCUT2D eigenvalue weighted by atomic mass is 9.86. The Labute approximate surface area is 182 Å². The number of hydrogen-bond donors (Lipinski definition) is 3. The van der Waals surface area contributed by atoms with Crippen LogP contribution < -0.4 is 9.62 Å². The molecule has 0 atom stereocenters. The number of aromatic hydroxyl groups is 1. The first-order valence-electron chi connectivity index (χ1n) is 10.7. The van der Waals surface area contributed by atoms with Crippen LogP contribution in [0.1, 0.15) is 31.2 Å². The van der Waals surface area contributed by atoms with Gasteiger partial charge >= 0.3 is 0 Å². The van der Waals surface area contributed by atoms with Gasteiger partial charge in [0.1, 0.15) is 23.5 Å². The van der Waals surface area contributed by atoms with Crippen LogP contribution in [-0.4, -0.2) is 53.9 Å². The lowest BCUT2D eigenvalue weighted by Gasteiger charge is -2.35. The van der Waals surface area contributed by atoms with E-state index in [4.69, 9.17) is 0 Å². The van der Waals surface area contributed by atoms with Crippen molar-refractivity contribution in [2.75, 3.05) is 24.2 Å². The average Bonchev–Trinajstić information content (AvgIpc) is 3.24. The molecule has 0 amide bonds. The summed E-state index contributed by atoms with van der Waals surface area (Å²) < 4.78 is 27.8. The number of sulfonamides is 1. The van der Waals surface area contributed by atoms with Crippen LogP contribution in [0.3, 0.4) is 0 Å². The zero-order chi connectivity index (χ0) is 21.8. The number of benzene rings is 1. The summed E-state index contributed by atoms with van der Waals surface area (Å²) in [5, 5.41) is 10.3. The molecule has 1 saturated carbocycles. The maximum absolute atomic E-state index is 12.5. The van der Waals surface area contributed by atoms with E-state index in [1.807, 2.05) is 12.3 Å². The first kappa shape index (κ1) is 21.6. The highest BCUT2D eigenvalue weighted by molar-refractivity contribution is 7.89. The van der Waals surface area contributed by atoms with Crippen molar-refractivity contribution < 1.29 is 13.5 Å². The molecule has 0 spiro atoms. The second-order valence-corrected chi connectivity index (χ2v) is 10.2. The second-order valence-electron chi connectivity index (χ2n) is 8.31. The Kier molecular flexibility index (Phi) is 6.43. The Bertz CT molecular complexity index is 1110. The van der Waals surface area contributed by atoms with Crippen LogP contribution in [-0.2, 0) is 16.4 Å². The first-order chi connectivity index (χ1) is 14.9. The molecule has 0 saturated heterocycles. The molecule has 166 valence electrons. The SMILES string of the molecule is CN(c1ncnc2[nH]ccc12)C1CCC(CS(=O)(=O)NCCc2ccc(O)cc2)CC1. The van der Waals surface area contributed by atoms with Gasteiger partial charge in [-0.05, 0) is 61.8 Å². The topological polar surface area (TPSA) is 111 Å². The number of rotatable bonds is 8. The van der Waals surface area contributed by atoms with E-state index in [2.05, 4.69) is 31.6 Å². The van der Waals surface area contributed by atoms with Gasteiger partial charge in [-0.1, -0.05) is 12.1 Å². The zero-order valence-electron chi connectivity index (χ0n) is 17.7. The van der Waals surface area contributed by atoms with Gasteiger partial charge in [0.05, 0.1) is 11.1 Å². The molecule has 4 rings (SSSR count). The molecular weight excluding hydrogens is 414 g/mol. The minimum Gasteiger partial charge on any atom is -0.508 e. The zero-order valence-corrected chi connectivity index (χ0v) is 18.5. The summed E-state index contributed by atoms with van der Waals surface area (Å²) >= 11 is 0. The molecule has 2 heterocycles. The van der Waals surface area contributed by atoms with Crippen molar-refractivity contribution in [1.29, 1.82) is 0 Å². The minimum atomic E-state index is -3.31. The Morgan fingerprint density at radius 1 is 1.13 bits per heavy atom. The fourth-order valence-corrected chi connectivity index (χ4v) is 5.88. The molecule has 31 heavy (non-hydrogen) atoms. The normalized spacial score (nSPS) is 19.5. The number of nitrogens with zero attached hydrogens (tertiary/aromatic N) is 3. The average molecular weight is 444 g/mol. The Morgan fingerprint density at radius 2 is 1.87 bits per heavy atom. The Balaban J connectivity index is 1.26. The fraction of sp³-hybridized carbons (Fsp3) is 0.455. The fourth-order valence-electron chi connectivity index (χ4n) is 4.39. The van der Waals surface area contributed by atoms with Gasteiger partial charge in [-0.2, -0.15) is 0 Å². The van der Waals surface area contributed by atoms with Crippen LogP contribution >= 0.6 is 0 Å². The van der Waals surface area contributed by atoms with E-state index in [0.29, 0.717) is 19.0 Å². The number of H-pyrrole nitrogens is 1. The van der Waals surface area contributed by atoms with Crippen LogP contribution in [0, 0.1) is 5.92 Å². The number of phenolic OH excluding ortho intramolecular Hbond substituents is 1. The van der Waals surface area contributed by atoms with Crippen molar-refractivity contribution in [1.82, 2.24) is 19.7 Å². The van der Waals surface area contributed by atoms with Gasteiger partial charge in [-0.15, -0.1) is 0 Å². The molecular formula is C22H29N5O3S. The highest BCUT2D eigenvalue weighted by Crippen LogP contribution is 2.31. The monoisotopic (exact) mass is 443 g/mol. The quantitative estimate of drug-likeness (QED) is 0.494. The molecule has 1 aromatic carbocycles. The smallest absolute Gasteiger partial charge is 0.211 e. The molecule has 8 nitrogen and oxygen atoms in total. The molecule has 3 aromatic rings. The van der Waals surface area contributed by atoms with Crippen LogP contribution in [0.4, 0.5) is 5.82 Å². The number of aromatic amines is 1. The molecule has 9 heteroatoms. The van der Waals surface area contributed by atoms with E-state index >= 15 is 0 Å². The number of anilines is 1. The number of fused-ring (bicyclic) bond motifs is 1. The standard InChI is InChI=1S/C22H29N5O3S/c1-27(22-20-11-12-23-21(20)24-15-25-22)18-6-2-17(3-7-18)14-31(29,30)26-13-10-16-4-8-19(28)9-5-16/h4-5,8-9,11-12,15,17-18,26,28H,2-3,6-7,10,13-14H2,1H3,(H,23,24,25). The highest BCUT2D eigenvalue weighted by atomic mass is 32.2. The summed E-state index contributed by atoms with van der Waals surface area (Å²) in [4.78, 5) is 14.0. The van der Waals surface area contributed by atoms with Crippen molar-refractivity contribution in [3.05, 3.63) is 48.4 Å². The maximum atomic E-state index is 12.5. The van der Waals surface area contributed by atoms with E-state index in [-0.39, 0.29) is 17.4 Å². The van der Waals surface area contributed by atoms with Gasteiger partial charge in [0, 0.05) is 25.8 Å². The van der Waals surface area contributed by atoms with Gasteiger partial charge in [-0.25, -0.2) is 23.1 Å². The first-order valence-corrected chi connectivity index (χ1v) is 12.3. The lowest BCUT2D eigenvalue weighted by molar-refractivity contribution is 0.340. The van der Waals surface area contributed by atoms with Crippen LogP contribution in [0.2, 0.25) is 0 Å². The van der Waals surface area contributed by atoms with Gasteiger partial charge < -0.3 is 15.0 Å². The van der Waals surface area contributed by atoms with Crippen molar-refractivity contribution in [3.63, 3.8) is 0 Å². The molecule has 0 radical (unpaired) electrons. The molecule has 3 N–H and O–H groups in total. The Hall–Kier alpha value is -2.65. The molecule has 1 fully saturated rings. The number of phenols is 1. The van der Waals surface area contributed by atoms with Gasteiger partial charge in [-0.3, -0.25) is 0 Å². The van der Waals surface area contributed by atoms with Crippen LogP contribution in [0.5, 0.6) is 5.75 Å². The third-order valence-electron chi connectivity index (χ3n) is 6.16. The van der Waals surface area contributed by atoms with Crippen molar-refractivity contribution in [2.45, 2.75) is 38.1 Å². The highest BCUT2D eigenvalue weighted by Gasteiger charge is 2.28. The molecule has 2 aromatic heterocycles. The second kappa shape index (κ2) is 9.23. The summed E-state index contributed by atoms with van der Waals surface area (Å²) in [7, 11) is -1.25. The summed E-state index contributed by atoms with van der Waals surface area (Å²) in [6, 6.07) is 9.17. The van der Waals surface area contributed by atoms with Crippen LogP contribution in [0.25, 0.3) is 11.0 Å². The van der Waals surface area contributed by atoms with Crippen molar-refractivity contribution in [3.8, 4) is 5.75 Å². The third kappa shape index (κ3) is 5.34. The summed E-state index contributed by atoms with van der Waals surface area (Å²) in [6.07, 6.45) is 7.70. The maximum Gasteiger partial charge on any atom is 0.211 e. The summed E-state index contributed by atoms with van der Waals surface area (Å²) in [5.74, 6) is 1.48. The van der Waals surface area contributed by atoms with Gasteiger partial charge in [0.25, 0.3) is 0 Å². The van der Waals surface area contributed by atoms with Crippen LogP contribution in [0.15, 0.2) is 42.9 Å². The van der Waals surface area contributed by atoms with Crippen molar-refractivity contribution in [2.24, 2.45) is 5.92 Å². The lowest BCUT2D eigenvalue weighted by Crippen LogP contribution is -2.38. The third-order valence-corrected chi connectivity index (χ3v) is 7.71. The van der Waals surface area contributed by atoms with E-state index in [0.717, 1.165) is 48.1 Å².